The van der Waals surface area contributed by atoms with E-state index in [0.29, 0.717) is 17.9 Å². The SMILES string of the molecule is CNC(c1cc(C)c(C)cc1C)C(C)C(C)C. The Morgan fingerprint density at radius 1 is 0.882 bits per heavy atom. The van der Waals surface area contributed by atoms with Gasteiger partial charge >= 0.3 is 0 Å². The van der Waals surface area contributed by atoms with E-state index in [-0.39, 0.29) is 0 Å². The van der Waals surface area contributed by atoms with E-state index in [1.165, 1.54) is 22.3 Å². The molecule has 1 aromatic carbocycles. The summed E-state index contributed by atoms with van der Waals surface area (Å²) in [6, 6.07) is 5.11. The smallest absolute Gasteiger partial charge is 0.0348 e. The van der Waals surface area contributed by atoms with Crippen LogP contribution in [0.4, 0.5) is 0 Å². The quantitative estimate of drug-likeness (QED) is 0.823. The van der Waals surface area contributed by atoms with E-state index in [1.807, 2.05) is 0 Å². The van der Waals surface area contributed by atoms with Crippen LogP contribution in [0.5, 0.6) is 0 Å². The molecule has 0 aromatic heterocycles. The molecule has 1 heteroatoms. The van der Waals surface area contributed by atoms with Crippen LogP contribution in [0.15, 0.2) is 12.1 Å². The largest absolute Gasteiger partial charge is 0.313 e. The maximum atomic E-state index is 3.49. The zero-order valence-electron chi connectivity index (χ0n) is 12.4. The van der Waals surface area contributed by atoms with Gasteiger partial charge in [-0.25, -0.2) is 0 Å². The highest BCUT2D eigenvalue weighted by Crippen LogP contribution is 2.30. The minimum absolute atomic E-state index is 0.453. The van der Waals surface area contributed by atoms with E-state index in [0.717, 1.165) is 0 Å². The van der Waals surface area contributed by atoms with Crippen molar-refractivity contribution in [1.29, 1.82) is 0 Å². The third kappa shape index (κ3) is 3.10. The van der Waals surface area contributed by atoms with Gasteiger partial charge in [0, 0.05) is 6.04 Å². The lowest BCUT2D eigenvalue weighted by atomic mass is 9.83. The lowest BCUT2D eigenvalue weighted by molar-refractivity contribution is 0.316. The number of aryl methyl sites for hydroxylation is 3. The van der Waals surface area contributed by atoms with Gasteiger partial charge in [-0.15, -0.1) is 0 Å². The molecular formula is C16H27N. The highest BCUT2D eigenvalue weighted by Gasteiger charge is 2.22. The molecule has 0 aliphatic rings. The zero-order chi connectivity index (χ0) is 13.2. The second-order valence-corrected chi connectivity index (χ2v) is 5.66. The van der Waals surface area contributed by atoms with Crippen LogP contribution in [-0.4, -0.2) is 7.05 Å². The third-order valence-corrected chi connectivity index (χ3v) is 4.11. The summed E-state index contributed by atoms with van der Waals surface area (Å²) in [5.41, 5.74) is 5.64. The van der Waals surface area contributed by atoms with E-state index in [2.05, 4.69) is 66.0 Å². The Morgan fingerprint density at radius 3 is 1.88 bits per heavy atom. The van der Waals surface area contributed by atoms with Crippen LogP contribution < -0.4 is 5.32 Å². The van der Waals surface area contributed by atoms with Crippen molar-refractivity contribution in [2.75, 3.05) is 7.05 Å². The number of hydrogen-bond donors (Lipinski definition) is 1. The van der Waals surface area contributed by atoms with E-state index >= 15 is 0 Å². The van der Waals surface area contributed by atoms with E-state index < -0.39 is 0 Å². The predicted octanol–water partition coefficient (Wildman–Crippen LogP) is 4.16. The molecule has 0 aliphatic heterocycles. The molecule has 2 atom stereocenters. The van der Waals surface area contributed by atoms with Gasteiger partial charge < -0.3 is 5.32 Å². The van der Waals surface area contributed by atoms with Crippen molar-refractivity contribution in [1.82, 2.24) is 5.32 Å². The minimum atomic E-state index is 0.453. The van der Waals surface area contributed by atoms with Crippen molar-refractivity contribution < 1.29 is 0 Å². The second kappa shape index (κ2) is 5.68. The Balaban J connectivity index is 3.16. The molecule has 0 fully saturated rings. The topological polar surface area (TPSA) is 12.0 Å². The molecule has 0 aliphatic carbocycles. The first-order chi connectivity index (χ1) is 7.88. The molecule has 0 spiro atoms. The molecule has 1 nitrogen and oxygen atoms in total. The maximum absolute atomic E-state index is 3.49. The molecular weight excluding hydrogens is 206 g/mol. The Bertz CT molecular complexity index is 379. The van der Waals surface area contributed by atoms with Crippen molar-refractivity contribution in [2.45, 2.75) is 47.6 Å². The Hall–Kier alpha value is -0.820. The molecule has 0 saturated carbocycles. The van der Waals surface area contributed by atoms with Crippen LogP contribution in [0, 0.1) is 32.6 Å². The molecule has 1 aromatic rings. The summed E-state index contributed by atoms with van der Waals surface area (Å²) in [6.45, 7) is 13.5. The molecule has 17 heavy (non-hydrogen) atoms. The van der Waals surface area contributed by atoms with Gasteiger partial charge in [-0.05, 0) is 61.9 Å². The summed E-state index contributed by atoms with van der Waals surface area (Å²) >= 11 is 0. The summed E-state index contributed by atoms with van der Waals surface area (Å²) < 4.78 is 0. The molecule has 1 rings (SSSR count). The van der Waals surface area contributed by atoms with Crippen LogP contribution in [0.3, 0.4) is 0 Å². The highest BCUT2D eigenvalue weighted by atomic mass is 14.9. The molecule has 0 heterocycles. The third-order valence-electron chi connectivity index (χ3n) is 4.11. The van der Waals surface area contributed by atoms with Gasteiger partial charge in [-0.3, -0.25) is 0 Å². The molecule has 96 valence electrons. The average Bonchev–Trinajstić information content (AvgIpc) is 2.25. The van der Waals surface area contributed by atoms with Crippen molar-refractivity contribution in [2.24, 2.45) is 11.8 Å². The minimum Gasteiger partial charge on any atom is -0.313 e. The Labute approximate surface area is 107 Å². The molecule has 0 saturated heterocycles. The summed E-state index contributed by atoms with van der Waals surface area (Å²) in [7, 11) is 2.07. The predicted molar refractivity (Wildman–Crippen MR) is 76.5 cm³/mol. The summed E-state index contributed by atoms with van der Waals surface area (Å²) in [5, 5.41) is 3.49. The first-order valence-electron chi connectivity index (χ1n) is 6.63. The van der Waals surface area contributed by atoms with Crippen molar-refractivity contribution in [3.05, 3.63) is 34.4 Å². The van der Waals surface area contributed by atoms with Crippen molar-refractivity contribution in [3.8, 4) is 0 Å². The fourth-order valence-corrected chi connectivity index (χ4v) is 2.40. The fraction of sp³-hybridized carbons (Fsp3) is 0.625. The first-order valence-corrected chi connectivity index (χ1v) is 6.63. The van der Waals surface area contributed by atoms with Crippen LogP contribution >= 0.6 is 0 Å². The maximum Gasteiger partial charge on any atom is 0.0348 e. The highest BCUT2D eigenvalue weighted by molar-refractivity contribution is 5.38. The van der Waals surface area contributed by atoms with Gasteiger partial charge in [-0.1, -0.05) is 32.9 Å². The number of benzene rings is 1. The van der Waals surface area contributed by atoms with Gasteiger partial charge in [0.2, 0.25) is 0 Å². The first kappa shape index (κ1) is 14.2. The van der Waals surface area contributed by atoms with Crippen LogP contribution in [0.2, 0.25) is 0 Å². The van der Waals surface area contributed by atoms with Crippen molar-refractivity contribution in [3.63, 3.8) is 0 Å². The zero-order valence-corrected chi connectivity index (χ0v) is 12.4. The summed E-state index contributed by atoms with van der Waals surface area (Å²) in [4.78, 5) is 0. The van der Waals surface area contributed by atoms with Gasteiger partial charge in [0.05, 0.1) is 0 Å². The molecule has 2 unspecified atom stereocenters. The van der Waals surface area contributed by atoms with Gasteiger partial charge in [-0.2, -0.15) is 0 Å². The number of hydrogen-bond acceptors (Lipinski definition) is 1. The van der Waals surface area contributed by atoms with Crippen LogP contribution in [-0.2, 0) is 0 Å². The number of nitrogens with one attached hydrogen (secondary N) is 1. The Kier molecular flexibility index (Phi) is 4.76. The van der Waals surface area contributed by atoms with Gasteiger partial charge in [0.1, 0.15) is 0 Å². The lowest BCUT2D eigenvalue weighted by Crippen LogP contribution is -2.27. The number of rotatable bonds is 4. The summed E-state index contributed by atoms with van der Waals surface area (Å²) in [5.74, 6) is 1.33. The molecule has 0 bridgehead atoms. The van der Waals surface area contributed by atoms with E-state index in [1.54, 1.807) is 0 Å². The van der Waals surface area contributed by atoms with Gasteiger partial charge in [0.15, 0.2) is 0 Å². The standard InChI is InChI=1S/C16H27N/c1-10(2)14(6)16(17-7)15-9-12(4)11(3)8-13(15)5/h8-10,14,16-17H,1-7H3. The van der Waals surface area contributed by atoms with Crippen molar-refractivity contribution >= 4 is 0 Å². The molecule has 0 amide bonds. The molecule has 1 N–H and O–H groups in total. The monoisotopic (exact) mass is 233 g/mol. The van der Waals surface area contributed by atoms with Crippen LogP contribution in [0.25, 0.3) is 0 Å². The normalized spacial score (nSPS) is 15.1. The summed E-state index contributed by atoms with van der Waals surface area (Å²) in [6.07, 6.45) is 0. The average molecular weight is 233 g/mol. The van der Waals surface area contributed by atoms with E-state index in [9.17, 15) is 0 Å². The van der Waals surface area contributed by atoms with Crippen LogP contribution in [0.1, 0.15) is 49.1 Å². The second-order valence-electron chi connectivity index (χ2n) is 5.66. The Morgan fingerprint density at radius 2 is 1.41 bits per heavy atom. The van der Waals surface area contributed by atoms with Gasteiger partial charge in [0.25, 0.3) is 0 Å². The fourth-order valence-electron chi connectivity index (χ4n) is 2.40. The van der Waals surface area contributed by atoms with E-state index in [4.69, 9.17) is 0 Å². The molecule has 0 radical (unpaired) electrons. The lowest BCUT2D eigenvalue weighted by Gasteiger charge is -2.29.